The van der Waals surface area contributed by atoms with E-state index in [4.69, 9.17) is 4.42 Å². The molecule has 1 N–H and O–H groups in total. The fourth-order valence-electron chi connectivity index (χ4n) is 1.61. The third-order valence-electron chi connectivity index (χ3n) is 2.48. The van der Waals surface area contributed by atoms with Gasteiger partial charge in [-0.1, -0.05) is 6.92 Å². The van der Waals surface area contributed by atoms with Crippen LogP contribution in [0.2, 0.25) is 0 Å². The van der Waals surface area contributed by atoms with E-state index in [0.717, 1.165) is 17.9 Å². The normalized spacial score (nSPS) is 12.4. The highest BCUT2D eigenvalue weighted by atomic mass is 19.1. The predicted octanol–water partition coefficient (Wildman–Crippen LogP) is 3.98. The number of rotatable bonds is 4. The monoisotopic (exact) mass is 219 g/mol. The Bertz CT molecular complexity index is 422. The molecule has 1 aromatic heterocycles. The van der Waals surface area contributed by atoms with Crippen LogP contribution in [0.15, 0.2) is 47.1 Å². The van der Waals surface area contributed by atoms with Crippen LogP contribution >= 0.6 is 0 Å². The molecule has 1 heterocycles. The molecule has 2 aromatic rings. The lowest BCUT2D eigenvalue weighted by molar-refractivity contribution is 0.474. The number of nitrogens with one attached hydrogen (secondary N) is 1. The van der Waals surface area contributed by atoms with Crippen molar-refractivity contribution in [3.63, 3.8) is 0 Å². The number of hydrogen-bond donors (Lipinski definition) is 1. The highest BCUT2D eigenvalue weighted by Crippen LogP contribution is 2.22. The van der Waals surface area contributed by atoms with Crippen LogP contribution < -0.4 is 5.32 Å². The molecule has 1 aromatic carbocycles. The first-order valence-corrected chi connectivity index (χ1v) is 5.35. The van der Waals surface area contributed by atoms with E-state index in [0.29, 0.717) is 0 Å². The summed E-state index contributed by atoms with van der Waals surface area (Å²) in [6.45, 7) is 2.07. The van der Waals surface area contributed by atoms with Gasteiger partial charge in [0.15, 0.2) is 0 Å². The molecule has 84 valence electrons. The van der Waals surface area contributed by atoms with E-state index >= 15 is 0 Å². The Hall–Kier alpha value is -1.77. The van der Waals surface area contributed by atoms with Crippen molar-refractivity contribution in [3.05, 3.63) is 54.2 Å². The van der Waals surface area contributed by atoms with Gasteiger partial charge in [-0.3, -0.25) is 0 Å². The van der Waals surface area contributed by atoms with Gasteiger partial charge in [-0.05, 0) is 42.8 Å². The van der Waals surface area contributed by atoms with E-state index in [9.17, 15) is 4.39 Å². The Morgan fingerprint density at radius 3 is 2.56 bits per heavy atom. The lowest BCUT2D eigenvalue weighted by atomic mass is 10.1. The molecule has 0 saturated carbocycles. The third kappa shape index (κ3) is 2.42. The Balaban J connectivity index is 2.10. The van der Waals surface area contributed by atoms with Crippen LogP contribution in [-0.4, -0.2) is 0 Å². The second-order valence-corrected chi connectivity index (χ2v) is 3.63. The van der Waals surface area contributed by atoms with Crippen molar-refractivity contribution >= 4 is 5.69 Å². The minimum Gasteiger partial charge on any atom is -0.467 e. The second-order valence-electron chi connectivity index (χ2n) is 3.63. The molecule has 0 fully saturated rings. The van der Waals surface area contributed by atoms with Crippen LogP contribution in [0.25, 0.3) is 0 Å². The second kappa shape index (κ2) is 4.84. The van der Waals surface area contributed by atoms with Crippen molar-refractivity contribution in [2.75, 3.05) is 5.32 Å². The number of anilines is 1. The molecule has 0 bridgehead atoms. The van der Waals surface area contributed by atoms with E-state index in [1.165, 1.54) is 12.1 Å². The summed E-state index contributed by atoms with van der Waals surface area (Å²) < 4.78 is 18.1. The summed E-state index contributed by atoms with van der Waals surface area (Å²) in [4.78, 5) is 0. The zero-order chi connectivity index (χ0) is 11.4. The number of benzene rings is 1. The Kier molecular flexibility index (Phi) is 3.25. The molecule has 1 atom stereocenters. The highest BCUT2D eigenvalue weighted by Gasteiger charge is 2.11. The van der Waals surface area contributed by atoms with Crippen LogP contribution in [0.1, 0.15) is 25.1 Å². The van der Waals surface area contributed by atoms with E-state index in [1.807, 2.05) is 12.1 Å². The molecular weight excluding hydrogens is 205 g/mol. The smallest absolute Gasteiger partial charge is 0.125 e. The molecule has 0 saturated heterocycles. The van der Waals surface area contributed by atoms with Gasteiger partial charge in [-0.15, -0.1) is 0 Å². The van der Waals surface area contributed by atoms with Gasteiger partial charge < -0.3 is 9.73 Å². The SMILES string of the molecule is CCC(Nc1ccc(F)cc1)c1ccco1. The van der Waals surface area contributed by atoms with Crippen LogP contribution in [0, 0.1) is 5.82 Å². The lowest BCUT2D eigenvalue weighted by Crippen LogP contribution is -2.08. The molecule has 0 radical (unpaired) electrons. The van der Waals surface area contributed by atoms with Crippen LogP contribution in [-0.2, 0) is 0 Å². The standard InChI is InChI=1S/C13H14FNO/c1-2-12(13-4-3-9-16-13)15-11-7-5-10(14)6-8-11/h3-9,12,15H,2H2,1H3. The molecule has 1 unspecified atom stereocenters. The largest absolute Gasteiger partial charge is 0.467 e. The fraction of sp³-hybridized carbons (Fsp3) is 0.231. The van der Waals surface area contributed by atoms with Gasteiger partial charge >= 0.3 is 0 Å². The average Bonchev–Trinajstić information content (AvgIpc) is 2.82. The number of hydrogen-bond acceptors (Lipinski definition) is 2. The molecule has 0 aliphatic rings. The summed E-state index contributed by atoms with van der Waals surface area (Å²) >= 11 is 0. The fourth-order valence-corrected chi connectivity index (χ4v) is 1.61. The van der Waals surface area contributed by atoms with Gasteiger partial charge in [0.25, 0.3) is 0 Å². The molecule has 0 spiro atoms. The minimum absolute atomic E-state index is 0.125. The van der Waals surface area contributed by atoms with Gasteiger partial charge in [-0.25, -0.2) is 4.39 Å². The summed E-state index contributed by atoms with van der Waals surface area (Å²) in [5, 5.41) is 3.30. The molecule has 2 nitrogen and oxygen atoms in total. The van der Waals surface area contributed by atoms with Gasteiger partial charge in [0, 0.05) is 5.69 Å². The molecule has 16 heavy (non-hydrogen) atoms. The Morgan fingerprint density at radius 1 is 1.25 bits per heavy atom. The zero-order valence-corrected chi connectivity index (χ0v) is 9.11. The first-order chi connectivity index (χ1) is 7.79. The predicted molar refractivity (Wildman–Crippen MR) is 61.8 cm³/mol. The first kappa shape index (κ1) is 10.7. The van der Waals surface area contributed by atoms with Crippen LogP contribution in [0.5, 0.6) is 0 Å². The third-order valence-corrected chi connectivity index (χ3v) is 2.48. The zero-order valence-electron chi connectivity index (χ0n) is 9.11. The molecule has 0 aliphatic heterocycles. The molecular formula is C13H14FNO. The summed E-state index contributed by atoms with van der Waals surface area (Å²) in [6, 6.07) is 10.3. The molecule has 3 heteroatoms. The van der Waals surface area contributed by atoms with Crippen molar-refractivity contribution < 1.29 is 8.81 Å². The van der Waals surface area contributed by atoms with Gasteiger partial charge in [0.05, 0.1) is 12.3 Å². The maximum atomic E-state index is 12.7. The van der Waals surface area contributed by atoms with E-state index in [2.05, 4.69) is 12.2 Å². The van der Waals surface area contributed by atoms with Crippen molar-refractivity contribution in [2.24, 2.45) is 0 Å². The summed E-state index contributed by atoms with van der Waals surface area (Å²) in [6.07, 6.45) is 2.56. The topological polar surface area (TPSA) is 25.2 Å². The molecule has 0 aliphatic carbocycles. The van der Waals surface area contributed by atoms with Gasteiger partial charge in [0.1, 0.15) is 11.6 Å². The van der Waals surface area contributed by atoms with Crippen molar-refractivity contribution in [1.82, 2.24) is 0 Å². The van der Waals surface area contributed by atoms with E-state index in [-0.39, 0.29) is 11.9 Å². The lowest BCUT2D eigenvalue weighted by Gasteiger charge is -2.15. The van der Waals surface area contributed by atoms with Crippen LogP contribution in [0.3, 0.4) is 0 Å². The number of furan rings is 1. The maximum absolute atomic E-state index is 12.7. The minimum atomic E-state index is -0.225. The van der Waals surface area contributed by atoms with Gasteiger partial charge in [0.2, 0.25) is 0 Å². The number of halogens is 1. The Labute approximate surface area is 94.1 Å². The highest BCUT2D eigenvalue weighted by molar-refractivity contribution is 5.44. The van der Waals surface area contributed by atoms with E-state index < -0.39 is 0 Å². The summed E-state index contributed by atoms with van der Waals surface area (Å²) in [5.41, 5.74) is 0.893. The quantitative estimate of drug-likeness (QED) is 0.841. The van der Waals surface area contributed by atoms with Crippen molar-refractivity contribution in [3.8, 4) is 0 Å². The maximum Gasteiger partial charge on any atom is 0.125 e. The Morgan fingerprint density at radius 2 is 2.00 bits per heavy atom. The average molecular weight is 219 g/mol. The van der Waals surface area contributed by atoms with Crippen molar-refractivity contribution in [1.29, 1.82) is 0 Å². The van der Waals surface area contributed by atoms with E-state index in [1.54, 1.807) is 18.4 Å². The van der Waals surface area contributed by atoms with Gasteiger partial charge in [-0.2, -0.15) is 0 Å². The summed E-state index contributed by atoms with van der Waals surface area (Å²) in [7, 11) is 0. The molecule has 0 amide bonds. The first-order valence-electron chi connectivity index (χ1n) is 5.35. The van der Waals surface area contributed by atoms with Crippen LogP contribution in [0.4, 0.5) is 10.1 Å². The molecule has 2 rings (SSSR count). The van der Waals surface area contributed by atoms with Crippen molar-refractivity contribution in [2.45, 2.75) is 19.4 Å². The summed E-state index contributed by atoms with van der Waals surface area (Å²) in [5.74, 6) is 0.670.